The maximum Gasteiger partial charge on any atom is 0.284 e. The predicted octanol–water partition coefficient (Wildman–Crippen LogP) is 0.799. The third-order valence-corrected chi connectivity index (χ3v) is 1.47. The zero-order valence-electron chi connectivity index (χ0n) is 6.54. The number of pyridine rings is 1. The van der Waals surface area contributed by atoms with Gasteiger partial charge in [0, 0.05) is 0 Å². The Morgan fingerprint density at radius 3 is 2.62 bits per heavy atom. The van der Waals surface area contributed by atoms with Gasteiger partial charge in [-0.3, -0.25) is 0 Å². The van der Waals surface area contributed by atoms with E-state index in [1.807, 2.05) is 0 Å². The number of hydrogen-bond acceptors (Lipinski definition) is 4. The van der Waals surface area contributed by atoms with Crippen LogP contribution in [0.5, 0.6) is 5.75 Å². The van der Waals surface area contributed by atoms with Gasteiger partial charge in [-0.15, -0.1) is 0 Å². The summed E-state index contributed by atoms with van der Waals surface area (Å²) < 4.78 is 24.3. The number of rotatable bonds is 2. The highest BCUT2D eigenvalue weighted by atomic mass is 19.3. The van der Waals surface area contributed by atoms with E-state index in [1.54, 1.807) is 0 Å². The number of alkyl halides is 2. The Morgan fingerprint density at radius 1 is 1.54 bits per heavy atom. The van der Waals surface area contributed by atoms with Crippen LogP contribution in [0.1, 0.15) is 17.8 Å². The lowest BCUT2D eigenvalue weighted by Crippen LogP contribution is -2.00. The number of nitrogens with zero attached hydrogens (tertiary/aromatic N) is 1. The smallest absolute Gasteiger partial charge is 0.284 e. The number of aliphatic hydroxyl groups excluding tert-OH is 1. The first kappa shape index (κ1) is 9.66. The normalized spacial score (nSPS) is 10.8. The number of halogens is 2. The van der Waals surface area contributed by atoms with Crippen LogP contribution in [0.2, 0.25) is 0 Å². The molecular weight excluding hydrogens is 182 g/mol. The number of nitrogens with two attached hydrogens (primary N) is 1. The molecule has 0 aliphatic heterocycles. The minimum atomic E-state index is -2.91. The predicted molar refractivity (Wildman–Crippen MR) is 41.2 cm³/mol. The molecule has 0 aliphatic carbocycles. The van der Waals surface area contributed by atoms with E-state index in [9.17, 15) is 8.78 Å². The summed E-state index contributed by atoms with van der Waals surface area (Å²) in [4.78, 5) is 3.32. The minimum Gasteiger partial charge on any atom is -0.504 e. The molecule has 72 valence electrons. The summed E-state index contributed by atoms with van der Waals surface area (Å²) in [6.45, 7) is -0.496. The van der Waals surface area contributed by atoms with Gasteiger partial charge in [-0.05, 0) is 6.07 Å². The molecule has 0 bridgehead atoms. The lowest BCUT2D eigenvalue weighted by atomic mass is 10.2. The molecule has 4 N–H and O–H groups in total. The third kappa shape index (κ3) is 1.83. The Kier molecular flexibility index (Phi) is 2.62. The van der Waals surface area contributed by atoms with Gasteiger partial charge in [0.05, 0.1) is 18.0 Å². The van der Waals surface area contributed by atoms with Crippen LogP contribution in [-0.2, 0) is 6.61 Å². The Hall–Kier alpha value is -1.43. The van der Waals surface area contributed by atoms with Crippen molar-refractivity contribution in [3.63, 3.8) is 0 Å². The molecule has 6 heteroatoms. The summed E-state index contributed by atoms with van der Waals surface area (Å²) in [6.07, 6.45) is -2.91. The van der Waals surface area contributed by atoms with Crippen LogP contribution < -0.4 is 5.73 Å². The summed E-state index contributed by atoms with van der Waals surface area (Å²) in [5.74, 6) is -0.729. The molecule has 13 heavy (non-hydrogen) atoms. The van der Waals surface area contributed by atoms with Gasteiger partial charge in [0.1, 0.15) is 0 Å². The van der Waals surface area contributed by atoms with E-state index < -0.39 is 24.5 Å². The van der Waals surface area contributed by atoms with Gasteiger partial charge in [-0.25, -0.2) is 13.8 Å². The van der Waals surface area contributed by atoms with Crippen LogP contribution in [0.3, 0.4) is 0 Å². The highest BCUT2D eigenvalue weighted by Crippen LogP contribution is 2.31. The number of anilines is 1. The second-order valence-corrected chi connectivity index (χ2v) is 2.40. The van der Waals surface area contributed by atoms with Crippen LogP contribution >= 0.6 is 0 Å². The quantitative estimate of drug-likeness (QED) is 0.644. The molecule has 0 amide bonds. The third-order valence-electron chi connectivity index (χ3n) is 1.47. The van der Waals surface area contributed by atoms with Crippen LogP contribution in [0, 0.1) is 0 Å². The average molecular weight is 190 g/mol. The largest absolute Gasteiger partial charge is 0.504 e. The van der Waals surface area contributed by atoms with E-state index in [0.29, 0.717) is 0 Å². The van der Waals surface area contributed by atoms with E-state index in [0.717, 1.165) is 6.07 Å². The van der Waals surface area contributed by atoms with Gasteiger partial charge in [-0.1, -0.05) is 0 Å². The fraction of sp³-hybridized carbons (Fsp3) is 0.286. The minimum absolute atomic E-state index is 0.00519. The summed E-state index contributed by atoms with van der Waals surface area (Å²) in [7, 11) is 0. The first-order valence-electron chi connectivity index (χ1n) is 3.43. The highest BCUT2D eigenvalue weighted by molar-refractivity contribution is 5.54. The fourth-order valence-corrected chi connectivity index (χ4v) is 0.869. The first-order valence-corrected chi connectivity index (χ1v) is 3.43. The number of hydrogen-bond donors (Lipinski definition) is 3. The number of aromatic hydroxyl groups is 1. The summed E-state index contributed by atoms with van der Waals surface area (Å²) in [5.41, 5.74) is 4.19. The van der Waals surface area contributed by atoms with Crippen LogP contribution in [0.15, 0.2) is 6.07 Å². The van der Waals surface area contributed by atoms with Gasteiger partial charge < -0.3 is 15.9 Å². The highest BCUT2D eigenvalue weighted by Gasteiger charge is 2.17. The van der Waals surface area contributed by atoms with Crippen molar-refractivity contribution < 1.29 is 19.0 Å². The molecule has 0 saturated heterocycles. The van der Waals surface area contributed by atoms with Gasteiger partial charge in [-0.2, -0.15) is 0 Å². The monoisotopic (exact) mass is 190 g/mol. The van der Waals surface area contributed by atoms with Crippen molar-refractivity contribution >= 4 is 5.69 Å². The van der Waals surface area contributed by atoms with E-state index in [4.69, 9.17) is 15.9 Å². The van der Waals surface area contributed by atoms with Crippen molar-refractivity contribution in [3.8, 4) is 5.75 Å². The lowest BCUT2D eigenvalue weighted by Gasteiger charge is -2.06. The Balaban J connectivity index is 3.25. The fourth-order valence-electron chi connectivity index (χ4n) is 0.869. The SMILES string of the molecule is Nc1cc(CO)nc(C(F)F)c1O. The van der Waals surface area contributed by atoms with Crippen molar-refractivity contribution in [2.45, 2.75) is 13.0 Å². The Labute approximate surface area is 72.6 Å². The lowest BCUT2D eigenvalue weighted by molar-refractivity contribution is 0.141. The second-order valence-electron chi connectivity index (χ2n) is 2.40. The van der Waals surface area contributed by atoms with Gasteiger partial charge in [0.15, 0.2) is 11.4 Å². The molecule has 0 radical (unpaired) electrons. The van der Waals surface area contributed by atoms with E-state index in [-0.39, 0.29) is 11.4 Å². The molecule has 1 aromatic rings. The molecule has 0 aliphatic rings. The standard InChI is InChI=1S/C7H8F2N2O2/c8-7(9)5-6(13)4(10)1-3(2-12)11-5/h1,7,12-13H,2H2,(H2,10,11). The van der Waals surface area contributed by atoms with Gasteiger partial charge >= 0.3 is 0 Å². The van der Waals surface area contributed by atoms with Gasteiger partial charge in [0.25, 0.3) is 6.43 Å². The van der Waals surface area contributed by atoms with Gasteiger partial charge in [0.2, 0.25) is 0 Å². The maximum atomic E-state index is 12.2. The van der Waals surface area contributed by atoms with E-state index >= 15 is 0 Å². The van der Waals surface area contributed by atoms with E-state index in [2.05, 4.69) is 4.98 Å². The molecule has 1 heterocycles. The first-order chi connectivity index (χ1) is 6.06. The van der Waals surface area contributed by atoms with E-state index in [1.165, 1.54) is 0 Å². The molecule has 0 unspecified atom stereocenters. The molecule has 0 saturated carbocycles. The zero-order valence-corrected chi connectivity index (χ0v) is 6.54. The zero-order chi connectivity index (χ0) is 10.0. The summed E-state index contributed by atoms with van der Waals surface area (Å²) in [6, 6.07) is 1.14. The number of aliphatic hydroxyl groups is 1. The molecule has 1 aromatic heterocycles. The Morgan fingerprint density at radius 2 is 2.15 bits per heavy atom. The van der Waals surface area contributed by atoms with Crippen molar-refractivity contribution in [2.24, 2.45) is 0 Å². The van der Waals surface area contributed by atoms with Crippen LogP contribution in [-0.4, -0.2) is 15.2 Å². The molecule has 0 aromatic carbocycles. The summed E-state index contributed by atoms with van der Waals surface area (Å²) in [5, 5.41) is 17.7. The molecule has 0 spiro atoms. The topological polar surface area (TPSA) is 79.4 Å². The van der Waals surface area contributed by atoms with Crippen LogP contribution in [0.4, 0.5) is 14.5 Å². The maximum absolute atomic E-state index is 12.2. The molecular formula is C7H8F2N2O2. The number of aromatic nitrogens is 1. The molecule has 1 rings (SSSR count). The second kappa shape index (κ2) is 3.53. The molecule has 4 nitrogen and oxygen atoms in total. The summed E-state index contributed by atoms with van der Waals surface area (Å²) >= 11 is 0. The molecule has 0 fully saturated rings. The average Bonchev–Trinajstić information content (AvgIpc) is 2.09. The van der Waals surface area contributed by atoms with Crippen molar-refractivity contribution in [1.82, 2.24) is 4.98 Å². The van der Waals surface area contributed by atoms with Crippen molar-refractivity contribution in [1.29, 1.82) is 0 Å². The van der Waals surface area contributed by atoms with Crippen molar-refractivity contribution in [2.75, 3.05) is 5.73 Å². The Bertz CT molecular complexity index is 318. The van der Waals surface area contributed by atoms with Crippen molar-refractivity contribution in [3.05, 3.63) is 17.5 Å². The van der Waals surface area contributed by atoms with Crippen LogP contribution in [0.25, 0.3) is 0 Å². The molecule has 0 atom stereocenters. The number of nitrogen functional groups attached to an aromatic ring is 1.